The summed E-state index contributed by atoms with van der Waals surface area (Å²) >= 11 is 0. The van der Waals surface area contributed by atoms with E-state index in [4.69, 9.17) is 0 Å². The second-order valence-corrected chi connectivity index (χ2v) is 6.74. The van der Waals surface area contributed by atoms with Crippen LogP contribution < -0.4 is 5.32 Å². The first kappa shape index (κ1) is 15.1. The maximum atomic E-state index is 12.9. The minimum atomic E-state index is -2.97. The van der Waals surface area contributed by atoms with Crippen LogP contribution in [0.1, 0.15) is 31.4 Å². The molecule has 0 bridgehead atoms. The predicted molar refractivity (Wildman–Crippen MR) is 71.8 cm³/mol. The molecule has 0 fully saturated rings. The summed E-state index contributed by atoms with van der Waals surface area (Å²) in [5.41, 5.74) is 0.925. The number of hydrogen-bond donors (Lipinski definition) is 1. The molecule has 1 aromatic rings. The van der Waals surface area contributed by atoms with Crippen LogP contribution >= 0.6 is 0 Å². The summed E-state index contributed by atoms with van der Waals surface area (Å²) in [7, 11) is -2.97. The molecule has 0 radical (unpaired) electrons. The molecular weight excluding hydrogens is 253 g/mol. The van der Waals surface area contributed by atoms with Gasteiger partial charge in [-0.05, 0) is 37.1 Å². The fraction of sp³-hybridized carbons (Fsp3) is 0.538. The standard InChI is InChI=1S/C13H20FNO2S/c1-3-9-15-13(8-10-18(2,16)17)11-4-6-12(14)7-5-11/h4-7,13,15H,3,8-10H2,1-2H3. The lowest BCUT2D eigenvalue weighted by molar-refractivity contribution is 0.512. The van der Waals surface area contributed by atoms with Gasteiger partial charge in [0.1, 0.15) is 15.7 Å². The zero-order valence-corrected chi connectivity index (χ0v) is 11.6. The van der Waals surface area contributed by atoms with E-state index in [0.29, 0.717) is 6.42 Å². The zero-order valence-electron chi connectivity index (χ0n) is 10.8. The Morgan fingerprint density at radius 1 is 1.28 bits per heavy atom. The van der Waals surface area contributed by atoms with Crippen LogP contribution in [-0.4, -0.2) is 27.0 Å². The molecule has 3 nitrogen and oxygen atoms in total. The van der Waals surface area contributed by atoms with E-state index in [1.165, 1.54) is 18.4 Å². The van der Waals surface area contributed by atoms with Crippen molar-refractivity contribution in [2.75, 3.05) is 18.6 Å². The number of benzene rings is 1. The van der Waals surface area contributed by atoms with E-state index in [1.54, 1.807) is 12.1 Å². The minimum Gasteiger partial charge on any atom is -0.310 e. The average molecular weight is 273 g/mol. The quantitative estimate of drug-likeness (QED) is 0.829. The van der Waals surface area contributed by atoms with Crippen molar-refractivity contribution in [3.05, 3.63) is 35.6 Å². The normalized spacial score (nSPS) is 13.5. The van der Waals surface area contributed by atoms with E-state index < -0.39 is 9.84 Å². The smallest absolute Gasteiger partial charge is 0.147 e. The molecule has 0 aliphatic rings. The van der Waals surface area contributed by atoms with Crippen molar-refractivity contribution in [2.24, 2.45) is 0 Å². The lowest BCUT2D eigenvalue weighted by Crippen LogP contribution is -2.24. The van der Waals surface area contributed by atoms with E-state index >= 15 is 0 Å². The van der Waals surface area contributed by atoms with Gasteiger partial charge in [-0.2, -0.15) is 0 Å². The van der Waals surface area contributed by atoms with E-state index in [2.05, 4.69) is 5.32 Å². The van der Waals surface area contributed by atoms with E-state index in [9.17, 15) is 12.8 Å². The van der Waals surface area contributed by atoms with Crippen LogP contribution in [0.3, 0.4) is 0 Å². The Morgan fingerprint density at radius 2 is 1.89 bits per heavy atom. The van der Waals surface area contributed by atoms with Crippen molar-refractivity contribution in [3.63, 3.8) is 0 Å². The monoisotopic (exact) mass is 273 g/mol. The van der Waals surface area contributed by atoms with Crippen LogP contribution in [0.4, 0.5) is 4.39 Å². The number of halogens is 1. The van der Waals surface area contributed by atoms with Crippen molar-refractivity contribution in [1.29, 1.82) is 0 Å². The van der Waals surface area contributed by atoms with Crippen molar-refractivity contribution in [2.45, 2.75) is 25.8 Å². The summed E-state index contributed by atoms with van der Waals surface area (Å²) in [6.45, 7) is 2.86. The van der Waals surface area contributed by atoms with Gasteiger partial charge in [0.25, 0.3) is 0 Å². The highest BCUT2D eigenvalue weighted by Gasteiger charge is 2.13. The molecule has 0 saturated heterocycles. The SMILES string of the molecule is CCCNC(CCS(C)(=O)=O)c1ccc(F)cc1. The highest BCUT2D eigenvalue weighted by atomic mass is 32.2. The summed E-state index contributed by atoms with van der Waals surface area (Å²) in [6.07, 6.45) is 2.70. The summed E-state index contributed by atoms with van der Waals surface area (Å²) in [4.78, 5) is 0. The van der Waals surface area contributed by atoms with Gasteiger partial charge in [-0.3, -0.25) is 0 Å². The fourth-order valence-corrected chi connectivity index (χ4v) is 2.40. The first-order chi connectivity index (χ1) is 8.42. The Labute approximate surface area is 108 Å². The van der Waals surface area contributed by atoms with Crippen LogP contribution in [0, 0.1) is 5.82 Å². The first-order valence-corrected chi connectivity index (χ1v) is 8.15. The van der Waals surface area contributed by atoms with Gasteiger partial charge in [0.15, 0.2) is 0 Å². The Morgan fingerprint density at radius 3 is 2.39 bits per heavy atom. The lowest BCUT2D eigenvalue weighted by atomic mass is 10.0. The average Bonchev–Trinajstić information content (AvgIpc) is 2.29. The van der Waals surface area contributed by atoms with E-state index in [1.807, 2.05) is 6.92 Å². The molecule has 1 aromatic carbocycles. The molecule has 1 atom stereocenters. The Balaban J connectivity index is 2.74. The van der Waals surface area contributed by atoms with Crippen LogP contribution in [0.25, 0.3) is 0 Å². The van der Waals surface area contributed by atoms with Crippen molar-refractivity contribution in [1.82, 2.24) is 5.32 Å². The number of nitrogens with one attached hydrogen (secondary N) is 1. The largest absolute Gasteiger partial charge is 0.310 e. The van der Waals surface area contributed by atoms with Gasteiger partial charge in [0.2, 0.25) is 0 Å². The second kappa shape index (κ2) is 6.85. The van der Waals surface area contributed by atoms with Crippen molar-refractivity contribution in [3.8, 4) is 0 Å². The van der Waals surface area contributed by atoms with Gasteiger partial charge < -0.3 is 5.32 Å². The summed E-state index contributed by atoms with van der Waals surface area (Å²) in [6, 6.07) is 6.16. The van der Waals surface area contributed by atoms with Gasteiger partial charge >= 0.3 is 0 Å². The summed E-state index contributed by atoms with van der Waals surface area (Å²) in [5, 5.41) is 3.29. The third-order valence-corrected chi connectivity index (χ3v) is 3.67. The fourth-order valence-electron chi connectivity index (χ4n) is 1.73. The highest BCUT2D eigenvalue weighted by molar-refractivity contribution is 7.90. The van der Waals surface area contributed by atoms with Gasteiger partial charge in [0.05, 0.1) is 5.75 Å². The van der Waals surface area contributed by atoms with Crippen molar-refractivity contribution >= 4 is 9.84 Å². The molecule has 0 aromatic heterocycles. The van der Waals surface area contributed by atoms with Crippen LogP contribution in [0.5, 0.6) is 0 Å². The minimum absolute atomic E-state index is 0.0414. The predicted octanol–water partition coefficient (Wildman–Crippen LogP) is 2.30. The Kier molecular flexibility index (Phi) is 5.75. The molecule has 1 rings (SSSR count). The van der Waals surface area contributed by atoms with Crippen LogP contribution in [-0.2, 0) is 9.84 Å². The van der Waals surface area contributed by atoms with Crippen LogP contribution in [0.15, 0.2) is 24.3 Å². The topological polar surface area (TPSA) is 46.2 Å². The number of hydrogen-bond acceptors (Lipinski definition) is 3. The summed E-state index contributed by atoms with van der Waals surface area (Å²) < 4.78 is 35.3. The molecule has 0 aliphatic carbocycles. The van der Waals surface area contributed by atoms with E-state index in [0.717, 1.165) is 18.5 Å². The molecule has 1 N–H and O–H groups in total. The Bertz CT molecular complexity index is 456. The third kappa shape index (κ3) is 5.60. The molecule has 18 heavy (non-hydrogen) atoms. The van der Waals surface area contributed by atoms with Crippen molar-refractivity contribution < 1.29 is 12.8 Å². The number of rotatable bonds is 7. The molecule has 0 amide bonds. The third-order valence-electron chi connectivity index (χ3n) is 2.69. The van der Waals surface area contributed by atoms with Gasteiger partial charge in [-0.15, -0.1) is 0 Å². The van der Waals surface area contributed by atoms with Gasteiger partial charge in [0, 0.05) is 12.3 Å². The van der Waals surface area contributed by atoms with Gasteiger partial charge in [-0.1, -0.05) is 19.1 Å². The molecule has 1 unspecified atom stereocenters. The maximum absolute atomic E-state index is 12.9. The number of sulfone groups is 1. The second-order valence-electron chi connectivity index (χ2n) is 4.48. The molecule has 0 spiro atoms. The summed E-state index contributed by atoms with van der Waals surface area (Å²) in [5.74, 6) is -0.151. The molecule has 0 aliphatic heterocycles. The molecule has 0 heterocycles. The van der Waals surface area contributed by atoms with Gasteiger partial charge in [-0.25, -0.2) is 12.8 Å². The highest BCUT2D eigenvalue weighted by Crippen LogP contribution is 2.18. The maximum Gasteiger partial charge on any atom is 0.147 e. The molecule has 102 valence electrons. The lowest BCUT2D eigenvalue weighted by Gasteiger charge is -2.18. The van der Waals surface area contributed by atoms with E-state index in [-0.39, 0.29) is 17.6 Å². The van der Waals surface area contributed by atoms with Crippen LogP contribution in [0.2, 0.25) is 0 Å². The molecule has 0 saturated carbocycles. The Hall–Kier alpha value is -0.940. The zero-order chi connectivity index (χ0) is 13.6. The molecular formula is C13H20FNO2S. The first-order valence-electron chi connectivity index (χ1n) is 6.09. The molecule has 5 heteroatoms.